The first-order chi connectivity index (χ1) is 24.1. The van der Waals surface area contributed by atoms with Crippen LogP contribution < -0.4 is 19.8 Å². The number of imide groups is 1. The van der Waals surface area contributed by atoms with E-state index >= 15 is 0 Å². The van der Waals surface area contributed by atoms with Gasteiger partial charge in [-0.25, -0.2) is 4.79 Å². The molecule has 1 aromatic heterocycles. The van der Waals surface area contributed by atoms with Crippen LogP contribution in [0.5, 0.6) is 5.75 Å². The molecule has 13 heteroatoms. The lowest BCUT2D eigenvalue weighted by atomic mass is 9.68. The molecule has 2 bridgehead atoms. The van der Waals surface area contributed by atoms with Gasteiger partial charge in [-0.3, -0.25) is 24.1 Å². The summed E-state index contributed by atoms with van der Waals surface area (Å²) in [5, 5.41) is 3.60. The molecule has 0 spiro atoms. The van der Waals surface area contributed by atoms with E-state index in [4.69, 9.17) is 9.47 Å². The molecule has 1 saturated heterocycles. The molecule has 7 atom stereocenters. The molecule has 256 valence electrons. The van der Waals surface area contributed by atoms with Crippen LogP contribution >= 0.6 is 39.0 Å². The molecule has 8 rings (SSSR count). The fourth-order valence-electron chi connectivity index (χ4n) is 8.45. The molecule has 4 unspecified atom stereocenters. The van der Waals surface area contributed by atoms with Gasteiger partial charge >= 0.3 is 10.8 Å². The Morgan fingerprint density at radius 3 is 2.42 bits per heavy atom. The van der Waals surface area contributed by atoms with Crippen LogP contribution in [0, 0.1) is 36.5 Å². The number of amides is 3. The first kappa shape index (κ1) is 33.0. The maximum absolute atomic E-state index is 14.1. The van der Waals surface area contributed by atoms with Crippen LogP contribution in [0.15, 0.2) is 81.0 Å². The summed E-state index contributed by atoms with van der Waals surface area (Å²) in [6, 6.07) is 19.5. The zero-order chi connectivity index (χ0) is 34.8. The molecule has 2 N–H and O–H groups in total. The van der Waals surface area contributed by atoms with Crippen molar-refractivity contribution < 1.29 is 28.7 Å². The Morgan fingerprint density at radius 2 is 1.70 bits per heavy atom. The van der Waals surface area contributed by atoms with E-state index in [-0.39, 0.29) is 64.7 Å². The fraction of sp³-hybridized carbons (Fsp3) is 0.324. The van der Waals surface area contributed by atoms with Crippen molar-refractivity contribution in [1.82, 2.24) is 4.98 Å². The van der Waals surface area contributed by atoms with E-state index in [1.54, 1.807) is 43.0 Å². The first-order valence-corrected chi connectivity index (χ1v) is 18.9. The number of rotatable bonds is 8. The Kier molecular flexibility index (Phi) is 8.47. The topological polar surface area (TPSA) is 135 Å². The number of aromatic amines is 1. The molecular weight excluding hydrogens is 742 g/mol. The number of carbonyl (C=O) groups is 4. The van der Waals surface area contributed by atoms with Crippen molar-refractivity contribution in [3.8, 4) is 5.75 Å². The largest absolute Gasteiger partial charge is 0.483 e. The average molecular weight is 775 g/mol. The number of thiazole rings is 1. The predicted octanol–water partition coefficient (Wildman–Crippen LogP) is 6.38. The van der Waals surface area contributed by atoms with Crippen molar-refractivity contribution in [2.75, 3.05) is 23.4 Å². The third-order valence-corrected chi connectivity index (χ3v) is 13.4. The number of nitrogens with one attached hydrogen (secondary N) is 2. The molecule has 10 nitrogen and oxygen atoms in total. The molecule has 3 amide bonds. The summed E-state index contributed by atoms with van der Waals surface area (Å²) in [6.07, 6.45) is 0.758. The second kappa shape index (κ2) is 12.8. The van der Waals surface area contributed by atoms with Gasteiger partial charge in [0.1, 0.15) is 5.75 Å². The van der Waals surface area contributed by atoms with Crippen LogP contribution in [0.4, 0.5) is 11.4 Å². The number of anilines is 2. The molecule has 4 aromatic rings. The Hall–Kier alpha value is -4.20. The second-order valence-corrected chi connectivity index (χ2v) is 16.2. The molecule has 2 aliphatic carbocycles. The number of carbonyl (C=O) groups excluding carboxylic acids is 4. The van der Waals surface area contributed by atoms with Gasteiger partial charge in [0.2, 0.25) is 11.8 Å². The van der Waals surface area contributed by atoms with Crippen LogP contribution in [0.3, 0.4) is 0 Å². The fourth-order valence-corrected chi connectivity index (χ4v) is 11.7. The standard InChI is InChI=1S/C37H32BrN3O7S2/c1-3-47-36(45)18-6-9-20(10-7-18)39-26(42)16-48-25-13-8-19(38)14-22(25)27-28-23-15-24(31(28)49-33-32(27)50-37(46)40-33)30-29(23)34(43)41(35(30)44)21-11-4-17(2)5-12-21/h4-14,23-24,27-31H,3,15-16H2,1-2H3,(H,39,42)(H,40,46)/t23-,24-,27-,28?,29?,30?,31?/m1/s1. The van der Waals surface area contributed by atoms with E-state index in [0.717, 1.165) is 43.3 Å². The lowest BCUT2D eigenvalue weighted by Crippen LogP contribution is -2.42. The number of aromatic nitrogens is 1. The van der Waals surface area contributed by atoms with E-state index in [2.05, 4.69) is 26.2 Å². The Balaban J connectivity index is 1.08. The minimum absolute atomic E-state index is 0.00595. The number of fused-ring (bicyclic) bond motifs is 9. The Labute approximate surface area is 304 Å². The molecule has 3 aromatic carbocycles. The lowest BCUT2D eigenvalue weighted by molar-refractivity contribution is -0.123. The number of benzene rings is 3. The Bertz CT molecular complexity index is 2100. The van der Waals surface area contributed by atoms with Crippen molar-refractivity contribution in [3.05, 3.63) is 102 Å². The summed E-state index contributed by atoms with van der Waals surface area (Å²) in [4.78, 5) is 71.1. The quantitative estimate of drug-likeness (QED) is 0.156. The first-order valence-electron chi connectivity index (χ1n) is 16.5. The summed E-state index contributed by atoms with van der Waals surface area (Å²) in [6.45, 7) is 3.69. The number of nitrogens with zero attached hydrogens (tertiary/aromatic N) is 1. The van der Waals surface area contributed by atoms with Crippen molar-refractivity contribution in [3.63, 3.8) is 0 Å². The Morgan fingerprint density at radius 1 is 0.980 bits per heavy atom. The zero-order valence-corrected chi connectivity index (χ0v) is 30.2. The normalized spacial score (nSPS) is 26.0. The summed E-state index contributed by atoms with van der Waals surface area (Å²) in [7, 11) is 0. The number of esters is 1. The van der Waals surface area contributed by atoms with Crippen LogP contribution in [0.2, 0.25) is 0 Å². The highest BCUT2D eigenvalue weighted by Crippen LogP contribution is 2.69. The van der Waals surface area contributed by atoms with E-state index in [9.17, 15) is 24.0 Å². The number of H-pyrrole nitrogens is 1. The van der Waals surface area contributed by atoms with Gasteiger partial charge < -0.3 is 19.8 Å². The average Bonchev–Trinajstić information content (AvgIpc) is 3.84. The molecule has 3 fully saturated rings. The van der Waals surface area contributed by atoms with E-state index in [0.29, 0.717) is 22.7 Å². The van der Waals surface area contributed by atoms with Gasteiger partial charge in [-0.1, -0.05) is 45.0 Å². The molecule has 4 aliphatic rings. The van der Waals surface area contributed by atoms with Crippen LogP contribution in [0.25, 0.3) is 0 Å². The number of thioether (sulfide) groups is 1. The van der Waals surface area contributed by atoms with Gasteiger partial charge in [0.25, 0.3) is 5.91 Å². The van der Waals surface area contributed by atoms with Gasteiger partial charge in [0.15, 0.2) is 6.61 Å². The summed E-state index contributed by atoms with van der Waals surface area (Å²) in [5.41, 5.74) is 3.35. The van der Waals surface area contributed by atoms with Crippen LogP contribution in [-0.2, 0) is 19.1 Å². The van der Waals surface area contributed by atoms with Gasteiger partial charge in [-0.15, -0.1) is 11.8 Å². The van der Waals surface area contributed by atoms with Crippen molar-refractivity contribution in [1.29, 1.82) is 0 Å². The monoisotopic (exact) mass is 773 g/mol. The lowest BCUT2D eigenvalue weighted by Gasteiger charge is -2.43. The number of ether oxygens (including phenoxy) is 2. The van der Waals surface area contributed by atoms with Gasteiger partial charge in [-0.2, -0.15) is 0 Å². The summed E-state index contributed by atoms with van der Waals surface area (Å²) >= 11 is 6.42. The predicted molar refractivity (Wildman–Crippen MR) is 193 cm³/mol. The van der Waals surface area contributed by atoms with Crippen LogP contribution in [0.1, 0.15) is 45.6 Å². The smallest absolute Gasteiger partial charge is 0.338 e. The molecular formula is C37H32BrN3O7S2. The molecule has 3 heterocycles. The molecule has 50 heavy (non-hydrogen) atoms. The minimum Gasteiger partial charge on any atom is -0.483 e. The zero-order valence-electron chi connectivity index (χ0n) is 27.0. The van der Waals surface area contributed by atoms with Crippen molar-refractivity contribution in [2.24, 2.45) is 29.6 Å². The van der Waals surface area contributed by atoms with Gasteiger partial charge in [0.05, 0.1) is 34.7 Å². The number of halogens is 1. The van der Waals surface area contributed by atoms with Crippen LogP contribution in [-0.4, -0.2) is 47.1 Å². The SMILES string of the molecule is CCOC(=O)c1ccc(NC(=O)COc2ccc(Br)cc2[C@H]2c3sc(=O)[nH]c3SC3C2[C@H]2C[C@@H]3C3C(=O)N(c4ccc(C)cc4)C(=O)C32)cc1. The van der Waals surface area contributed by atoms with E-state index in [1.807, 2.05) is 49.4 Å². The number of hydrogen-bond donors (Lipinski definition) is 2. The minimum atomic E-state index is -0.437. The van der Waals surface area contributed by atoms with Gasteiger partial charge in [0, 0.05) is 31.8 Å². The van der Waals surface area contributed by atoms with E-state index in [1.165, 1.54) is 4.90 Å². The maximum Gasteiger partial charge on any atom is 0.338 e. The summed E-state index contributed by atoms with van der Waals surface area (Å²) < 4.78 is 12.0. The highest BCUT2D eigenvalue weighted by atomic mass is 79.9. The third kappa shape index (κ3) is 5.50. The highest BCUT2D eigenvalue weighted by molar-refractivity contribution is 9.10. The molecule has 2 saturated carbocycles. The number of hydrogen-bond acceptors (Lipinski definition) is 9. The van der Waals surface area contributed by atoms with Crippen molar-refractivity contribution in [2.45, 2.75) is 36.5 Å². The number of aryl methyl sites for hydroxylation is 1. The highest BCUT2D eigenvalue weighted by Gasteiger charge is 2.69. The molecule has 0 radical (unpaired) electrons. The third-order valence-electron chi connectivity index (χ3n) is 10.4. The summed E-state index contributed by atoms with van der Waals surface area (Å²) in [5.74, 6) is -1.87. The van der Waals surface area contributed by atoms with E-state index < -0.39 is 17.8 Å². The van der Waals surface area contributed by atoms with Gasteiger partial charge in [-0.05, 0) is 92.6 Å². The maximum atomic E-state index is 14.1. The molecule has 2 aliphatic heterocycles. The second-order valence-electron chi connectivity index (χ2n) is 13.1. The van der Waals surface area contributed by atoms with Crippen molar-refractivity contribution >= 4 is 74.1 Å².